The highest BCUT2D eigenvalue weighted by Gasteiger charge is 2.14. The average molecular weight is 363 g/mol. The summed E-state index contributed by atoms with van der Waals surface area (Å²) in [5, 5.41) is 10.3. The summed E-state index contributed by atoms with van der Waals surface area (Å²) < 4.78 is 18.3. The number of amides is 1. The number of hydrogen-bond acceptors (Lipinski definition) is 3. The van der Waals surface area contributed by atoms with E-state index < -0.39 is 11.9 Å². The molecule has 0 saturated carbocycles. The zero-order valence-electron chi connectivity index (χ0n) is 14.3. The van der Waals surface area contributed by atoms with Crippen molar-refractivity contribution in [3.05, 3.63) is 70.0 Å². The maximum absolute atomic E-state index is 13.3. The van der Waals surface area contributed by atoms with Gasteiger partial charge >= 0.3 is 6.09 Å². The van der Waals surface area contributed by atoms with E-state index in [1.807, 2.05) is 12.1 Å². The summed E-state index contributed by atoms with van der Waals surface area (Å²) >= 11 is 5.60. The number of ether oxygens (including phenoxy) is 1. The molecule has 4 nitrogen and oxygen atoms in total. The monoisotopic (exact) mass is 362 g/mol. The molecule has 0 aliphatic heterocycles. The van der Waals surface area contributed by atoms with Gasteiger partial charge in [-0.2, -0.15) is 0 Å². The van der Waals surface area contributed by atoms with Crippen LogP contribution in [0.4, 0.5) is 9.18 Å². The van der Waals surface area contributed by atoms with E-state index in [-0.39, 0.29) is 22.9 Å². The second-order valence-electron chi connectivity index (χ2n) is 6.65. The van der Waals surface area contributed by atoms with E-state index in [2.05, 4.69) is 26.1 Å². The topological polar surface area (TPSA) is 62.2 Å². The first-order valence-electron chi connectivity index (χ1n) is 7.74. The molecule has 0 bridgehead atoms. The van der Waals surface area contributed by atoms with E-state index >= 15 is 0 Å². The molecule has 132 valence electrons. The molecule has 2 N–H and O–H groups in total. The van der Waals surface area contributed by atoms with Crippen LogP contribution in [0.25, 0.3) is 0 Å². The molecule has 0 spiro atoms. The van der Waals surface area contributed by atoms with Crippen molar-refractivity contribution in [1.29, 1.82) is 5.41 Å². The zero-order chi connectivity index (χ0) is 18.6. The van der Waals surface area contributed by atoms with E-state index in [4.69, 9.17) is 21.7 Å². The van der Waals surface area contributed by atoms with Crippen LogP contribution in [-0.4, -0.2) is 11.9 Å². The zero-order valence-corrected chi connectivity index (χ0v) is 15.1. The van der Waals surface area contributed by atoms with E-state index in [1.165, 1.54) is 12.1 Å². The van der Waals surface area contributed by atoms with Crippen LogP contribution in [-0.2, 0) is 16.8 Å². The van der Waals surface area contributed by atoms with Crippen molar-refractivity contribution in [1.82, 2.24) is 5.32 Å². The minimum atomic E-state index is -0.778. The number of halogens is 2. The molecule has 25 heavy (non-hydrogen) atoms. The van der Waals surface area contributed by atoms with Gasteiger partial charge in [-0.15, -0.1) is 0 Å². The smallest absolute Gasteiger partial charge is 0.413 e. The molecule has 2 rings (SSSR count). The molecular weight excluding hydrogens is 343 g/mol. The van der Waals surface area contributed by atoms with Crippen molar-refractivity contribution >= 4 is 23.5 Å². The molecule has 0 fully saturated rings. The molecule has 0 unspecified atom stereocenters. The number of carbonyl (C=O) groups is 1. The predicted molar refractivity (Wildman–Crippen MR) is 96.7 cm³/mol. The van der Waals surface area contributed by atoms with Gasteiger partial charge < -0.3 is 4.74 Å². The first-order chi connectivity index (χ1) is 11.7. The lowest BCUT2D eigenvalue weighted by atomic mass is 9.86. The van der Waals surface area contributed by atoms with Gasteiger partial charge in [-0.1, -0.05) is 62.7 Å². The Morgan fingerprint density at radius 2 is 1.84 bits per heavy atom. The molecule has 0 atom stereocenters. The van der Waals surface area contributed by atoms with Gasteiger partial charge in [-0.3, -0.25) is 10.7 Å². The molecule has 2 aromatic carbocycles. The minimum absolute atomic E-state index is 0.00804. The molecule has 0 aliphatic rings. The van der Waals surface area contributed by atoms with Gasteiger partial charge in [-0.05, 0) is 28.7 Å². The van der Waals surface area contributed by atoms with E-state index in [1.54, 1.807) is 18.2 Å². The van der Waals surface area contributed by atoms with Crippen molar-refractivity contribution < 1.29 is 13.9 Å². The number of hydrogen-bond donors (Lipinski definition) is 2. The molecule has 0 aliphatic carbocycles. The van der Waals surface area contributed by atoms with Gasteiger partial charge in [0.1, 0.15) is 18.3 Å². The van der Waals surface area contributed by atoms with Crippen LogP contribution in [0.1, 0.15) is 37.5 Å². The summed E-state index contributed by atoms with van der Waals surface area (Å²) in [6, 6.07) is 11.6. The maximum Gasteiger partial charge on any atom is 0.413 e. The largest absolute Gasteiger partial charge is 0.444 e. The van der Waals surface area contributed by atoms with Gasteiger partial charge in [0, 0.05) is 5.56 Å². The van der Waals surface area contributed by atoms with E-state index in [0.29, 0.717) is 11.1 Å². The summed E-state index contributed by atoms with van der Waals surface area (Å²) in [4.78, 5) is 11.8. The summed E-state index contributed by atoms with van der Waals surface area (Å²) in [5.41, 5.74) is 2.19. The normalized spacial score (nSPS) is 11.1. The number of carbonyl (C=O) groups excluding carboxylic acids is 1. The van der Waals surface area contributed by atoms with Crippen LogP contribution in [0.3, 0.4) is 0 Å². The molecule has 0 heterocycles. The van der Waals surface area contributed by atoms with Gasteiger partial charge in [0.25, 0.3) is 0 Å². The second kappa shape index (κ2) is 7.66. The summed E-state index contributed by atoms with van der Waals surface area (Å²) in [6.45, 7) is 6.18. The second-order valence-corrected chi connectivity index (χ2v) is 7.06. The van der Waals surface area contributed by atoms with Crippen LogP contribution in [0.5, 0.6) is 0 Å². The third-order valence-corrected chi connectivity index (χ3v) is 3.93. The first-order valence-corrected chi connectivity index (χ1v) is 8.12. The molecule has 1 amide bonds. The standard InChI is InChI=1S/C19H20ClFN2O2/c1-19(2,3)14-7-5-13(6-8-14)17(22)23-18(24)25-11-12-4-9-15(20)16(21)10-12/h4-10H,11H2,1-3H3,(H2,22,23,24). The number of rotatable bonds is 3. The van der Waals surface area contributed by atoms with Gasteiger partial charge in [0.2, 0.25) is 0 Å². The molecule has 0 saturated heterocycles. The fourth-order valence-corrected chi connectivity index (χ4v) is 2.24. The Labute approximate surface area is 151 Å². The number of nitrogens with one attached hydrogen (secondary N) is 2. The number of benzene rings is 2. The Bertz CT molecular complexity index is 783. The van der Waals surface area contributed by atoms with Gasteiger partial charge in [0.05, 0.1) is 5.02 Å². The lowest BCUT2D eigenvalue weighted by Gasteiger charge is -2.19. The van der Waals surface area contributed by atoms with Crippen LogP contribution >= 0.6 is 11.6 Å². The van der Waals surface area contributed by atoms with Gasteiger partial charge in [0.15, 0.2) is 0 Å². The highest BCUT2D eigenvalue weighted by Crippen LogP contribution is 2.22. The Morgan fingerprint density at radius 3 is 2.40 bits per heavy atom. The lowest BCUT2D eigenvalue weighted by molar-refractivity contribution is 0.145. The van der Waals surface area contributed by atoms with Crippen molar-refractivity contribution in [3.63, 3.8) is 0 Å². The first kappa shape index (κ1) is 18.9. The molecule has 0 aromatic heterocycles. The molecule has 6 heteroatoms. The Hall–Kier alpha value is -2.40. The molecule has 2 aromatic rings. The third kappa shape index (κ3) is 5.29. The number of alkyl carbamates (subject to hydrolysis) is 1. The van der Waals surface area contributed by atoms with E-state index in [9.17, 15) is 9.18 Å². The van der Waals surface area contributed by atoms with E-state index in [0.717, 1.165) is 5.56 Å². The summed E-state index contributed by atoms with van der Waals surface area (Å²) in [5.74, 6) is -0.636. The Morgan fingerprint density at radius 1 is 1.20 bits per heavy atom. The van der Waals surface area contributed by atoms with Crippen molar-refractivity contribution in [2.45, 2.75) is 32.8 Å². The quantitative estimate of drug-likeness (QED) is 0.594. The van der Waals surface area contributed by atoms with Crippen LogP contribution < -0.4 is 5.32 Å². The fraction of sp³-hybridized carbons (Fsp3) is 0.263. The van der Waals surface area contributed by atoms with Crippen molar-refractivity contribution in [2.75, 3.05) is 0 Å². The molecular formula is C19H20ClFN2O2. The maximum atomic E-state index is 13.3. The minimum Gasteiger partial charge on any atom is -0.444 e. The molecule has 0 radical (unpaired) electrons. The summed E-state index contributed by atoms with van der Waals surface area (Å²) in [7, 11) is 0. The highest BCUT2D eigenvalue weighted by molar-refractivity contribution is 6.30. The lowest BCUT2D eigenvalue weighted by Crippen LogP contribution is -2.31. The van der Waals surface area contributed by atoms with Gasteiger partial charge in [-0.25, -0.2) is 9.18 Å². The average Bonchev–Trinajstić information content (AvgIpc) is 2.55. The summed E-state index contributed by atoms with van der Waals surface area (Å²) in [6.07, 6.45) is -0.778. The van der Waals surface area contributed by atoms with Crippen molar-refractivity contribution in [2.24, 2.45) is 0 Å². The highest BCUT2D eigenvalue weighted by atomic mass is 35.5. The van der Waals surface area contributed by atoms with Crippen LogP contribution in [0.2, 0.25) is 5.02 Å². The fourth-order valence-electron chi connectivity index (χ4n) is 2.13. The van der Waals surface area contributed by atoms with Crippen LogP contribution in [0.15, 0.2) is 42.5 Å². The van der Waals surface area contributed by atoms with Crippen LogP contribution in [0, 0.1) is 11.2 Å². The predicted octanol–water partition coefficient (Wildman–Crippen LogP) is 5.03. The Balaban J connectivity index is 1.91. The SMILES string of the molecule is CC(C)(C)c1ccc(C(=N)NC(=O)OCc2ccc(Cl)c(F)c2)cc1. The van der Waals surface area contributed by atoms with Crippen molar-refractivity contribution in [3.8, 4) is 0 Å². The number of amidine groups is 1. The third-order valence-electron chi connectivity index (χ3n) is 3.62. The Kier molecular flexibility index (Phi) is 5.80.